The lowest BCUT2D eigenvalue weighted by Gasteiger charge is -1.95. The Bertz CT molecular complexity index is 441. The summed E-state index contributed by atoms with van der Waals surface area (Å²) in [5.41, 5.74) is 0.893. The Kier molecular flexibility index (Phi) is 2.89. The fourth-order valence-corrected chi connectivity index (χ4v) is 1.57. The SMILES string of the molecule is Clc1cccc(-c2ncc(CBr)o2)c1. The quantitative estimate of drug-likeness (QED) is 0.775. The Morgan fingerprint density at radius 1 is 1.43 bits per heavy atom. The second-order valence-corrected chi connectivity index (χ2v) is 3.77. The molecule has 0 aliphatic carbocycles. The highest BCUT2D eigenvalue weighted by Gasteiger charge is 2.05. The molecular weight excluding hydrogens is 265 g/mol. The molecule has 0 amide bonds. The maximum atomic E-state index is 5.86. The third kappa shape index (κ3) is 1.99. The minimum Gasteiger partial charge on any atom is -0.440 e. The summed E-state index contributed by atoms with van der Waals surface area (Å²) >= 11 is 9.15. The van der Waals surface area contributed by atoms with Crippen molar-refractivity contribution in [3.8, 4) is 11.5 Å². The van der Waals surface area contributed by atoms with E-state index in [0.29, 0.717) is 16.2 Å². The van der Waals surface area contributed by atoms with Gasteiger partial charge in [0.25, 0.3) is 0 Å². The molecule has 72 valence electrons. The molecule has 1 aromatic carbocycles. The molecule has 4 heteroatoms. The van der Waals surface area contributed by atoms with E-state index in [-0.39, 0.29) is 0 Å². The van der Waals surface area contributed by atoms with E-state index < -0.39 is 0 Å². The first-order valence-electron chi connectivity index (χ1n) is 4.06. The summed E-state index contributed by atoms with van der Waals surface area (Å²) in [5, 5.41) is 1.35. The zero-order valence-corrected chi connectivity index (χ0v) is 9.55. The molecule has 0 aliphatic heterocycles. The summed E-state index contributed by atoms with van der Waals surface area (Å²) < 4.78 is 5.46. The first-order chi connectivity index (χ1) is 6.79. The molecule has 2 rings (SSSR count). The molecule has 0 unspecified atom stereocenters. The summed E-state index contributed by atoms with van der Waals surface area (Å²) in [6.45, 7) is 0. The van der Waals surface area contributed by atoms with Gasteiger partial charge in [0, 0.05) is 10.6 Å². The highest BCUT2D eigenvalue weighted by molar-refractivity contribution is 9.08. The number of oxazole rings is 1. The van der Waals surface area contributed by atoms with Crippen LogP contribution in [0, 0.1) is 0 Å². The maximum absolute atomic E-state index is 5.86. The van der Waals surface area contributed by atoms with Gasteiger partial charge in [-0.25, -0.2) is 4.98 Å². The molecular formula is C10H7BrClNO. The van der Waals surface area contributed by atoms with E-state index in [1.54, 1.807) is 6.20 Å². The molecule has 0 aliphatic rings. The largest absolute Gasteiger partial charge is 0.440 e. The second kappa shape index (κ2) is 4.15. The molecule has 14 heavy (non-hydrogen) atoms. The van der Waals surface area contributed by atoms with Crippen LogP contribution >= 0.6 is 27.5 Å². The molecule has 2 nitrogen and oxygen atoms in total. The highest BCUT2D eigenvalue weighted by atomic mass is 79.9. The Morgan fingerprint density at radius 2 is 2.29 bits per heavy atom. The molecule has 2 aromatic rings. The van der Waals surface area contributed by atoms with Gasteiger partial charge in [-0.3, -0.25) is 0 Å². The number of benzene rings is 1. The van der Waals surface area contributed by atoms with Crippen molar-refractivity contribution in [2.24, 2.45) is 0 Å². The normalized spacial score (nSPS) is 10.4. The number of alkyl halides is 1. The predicted octanol–water partition coefficient (Wildman–Crippen LogP) is 3.89. The summed E-state index contributed by atoms with van der Waals surface area (Å²) in [6, 6.07) is 7.43. The van der Waals surface area contributed by atoms with Gasteiger partial charge in [0.1, 0.15) is 5.76 Å². The third-order valence-corrected chi connectivity index (χ3v) is 2.54. The van der Waals surface area contributed by atoms with Gasteiger partial charge in [-0.15, -0.1) is 0 Å². The van der Waals surface area contributed by atoms with Gasteiger partial charge in [0.2, 0.25) is 5.89 Å². The van der Waals surface area contributed by atoms with E-state index in [2.05, 4.69) is 20.9 Å². The van der Waals surface area contributed by atoms with E-state index in [9.17, 15) is 0 Å². The molecule has 0 radical (unpaired) electrons. The van der Waals surface area contributed by atoms with Crippen LogP contribution in [-0.4, -0.2) is 4.98 Å². The number of aromatic nitrogens is 1. The van der Waals surface area contributed by atoms with Crippen LogP contribution in [-0.2, 0) is 5.33 Å². The van der Waals surface area contributed by atoms with Crippen LogP contribution < -0.4 is 0 Å². The van der Waals surface area contributed by atoms with Crippen LogP contribution in [0.25, 0.3) is 11.5 Å². The van der Waals surface area contributed by atoms with Crippen molar-refractivity contribution in [3.05, 3.63) is 41.2 Å². The van der Waals surface area contributed by atoms with Gasteiger partial charge in [0.15, 0.2) is 0 Å². The number of hydrogen-bond donors (Lipinski definition) is 0. The standard InChI is InChI=1S/C10H7BrClNO/c11-5-9-6-13-10(14-9)7-2-1-3-8(12)4-7/h1-4,6H,5H2. The molecule has 0 saturated carbocycles. The van der Waals surface area contributed by atoms with E-state index in [0.717, 1.165) is 11.3 Å². The van der Waals surface area contributed by atoms with Gasteiger partial charge < -0.3 is 4.42 Å². The molecule has 0 N–H and O–H groups in total. The lowest BCUT2D eigenvalue weighted by molar-refractivity contribution is 0.540. The van der Waals surface area contributed by atoms with Gasteiger partial charge in [-0.1, -0.05) is 33.6 Å². The van der Waals surface area contributed by atoms with Gasteiger partial charge >= 0.3 is 0 Å². The number of rotatable bonds is 2. The molecule has 0 bridgehead atoms. The Labute approximate surface area is 95.0 Å². The summed E-state index contributed by atoms with van der Waals surface area (Å²) in [7, 11) is 0. The fourth-order valence-electron chi connectivity index (χ4n) is 1.12. The molecule has 0 spiro atoms. The number of halogens is 2. The Hall–Kier alpha value is -0.800. The van der Waals surface area contributed by atoms with E-state index in [1.165, 1.54) is 0 Å². The molecule has 1 aromatic heterocycles. The lowest BCUT2D eigenvalue weighted by Crippen LogP contribution is -1.75. The van der Waals surface area contributed by atoms with Crippen LogP contribution in [0.3, 0.4) is 0 Å². The van der Waals surface area contributed by atoms with Crippen LogP contribution in [0.4, 0.5) is 0 Å². The van der Waals surface area contributed by atoms with Crippen molar-refractivity contribution in [3.63, 3.8) is 0 Å². The highest BCUT2D eigenvalue weighted by Crippen LogP contribution is 2.22. The average molecular weight is 273 g/mol. The van der Waals surface area contributed by atoms with Crippen LogP contribution in [0.1, 0.15) is 5.76 Å². The van der Waals surface area contributed by atoms with Crippen LogP contribution in [0.2, 0.25) is 5.02 Å². The third-order valence-electron chi connectivity index (χ3n) is 1.76. The van der Waals surface area contributed by atoms with Crippen molar-refractivity contribution >= 4 is 27.5 Å². The summed E-state index contributed by atoms with van der Waals surface area (Å²) in [6.07, 6.45) is 1.70. The first kappa shape index (κ1) is 9.74. The number of nitrogens with zero attached hydrogens (tertiary/aromatic N) is 1. The van der Waals surface area contributed by atoms with E-state index in [4.69, 9.17) is 16.0 Å². The van der Waals surface area contributed by atoms with Crippen LogP contribution in [0.15, 0.2) is 34.9 Å². The van der Waals surface area contributed by atoms with E-state index in [1.807, 2.05) is 24.3 Å². The average Bonchev–Trinajstić information content (AvgIpc) is 2.66. The van der Waals surface area contributed by atoms with Crippen molar-refractivity contribution in [2.45, 2.75) is 5.33 Å². The van der Waals surface area contributed by atoms with Crippen molar-refractivity contribution in [2.75, 3.05) is 0 Å². The van der Waals surface area contributed by atoms with Crippen LogP contribution in [0.5, 0.6) is 0 Å². The Morgan fingerprint density at radius 3 is 2.93 bits per heavy atom. The first-order valence-corrected chi connectivity index (χ1v) is 5.56. The van der Waals surface area contributed by atoms with E-state index >= 15 is 0 Å². The summed E-state index contributed by atoms with van der Waals surface area (Å²) in [4.78, 5) is 4.14. The zero-order chi connectivity index (χ0) is 9.97. The zero-order valence-electron chi connectivity index (χ0n) is 7.21. The topological polar surface area (TPSA) is 26.0 Å². The molecule has 0 saturated heterocycles. The smallest absolute Gasteiger partial charge is 0.226 e. The molecule has 1 heterocycles. The Balaban J connectivity index is 2.39. The van der Waals surface area contributed by atoms with Crippen molar-refractivity contribution in [1.29, 1.82) is 0 Å². The minimum atomic E-state index is 0.599. The van der Waals surface area contributed by atoms with Gasteiger partial charge in [-0.2, -0.15) is 0 Å². The summed E-state index contributed by atoms with van der Waals surface area (Å²) in [5.74, 6) is 1.40. The van der Waals surface area contributed by atoms with Gasteiger partial charge in [0.05, 0.1) is 11.5 Å². The minimum absolute atomic E-state index is 0.599. The second-order valence-electron chi connectivity index (χ2n) is 2.78. The van der Waals surface area contributed by atoms with Crippen molar-refractivity contribution in [1.82, 2.24) is 4.98 Å². The number of hydrogen-bond acceptors (Lipinski definition) is 2. The van der Waals surface area contributed by atoms with Gasteiger partial charge in [-0.05, 0) is 18.2 Å². The van der Waals surface area contributed by atoms with Crippen molar-refractivity contribution < 1.29 is 4.42 Å². The monoisotopic (exact) mass is 271 g/mol. The predicted molar refractivity (Wildman–Crippen MR) is 59.6 cm³/mol. The maximum Gasteiger partial charge on any atom is 0.226 e. The fraction of sp³-hybridized carbons (Fsp3) is 0.100. The lowest BCUT2D eigenvalue weighted by atomic mass is 10.2. The molecule has 0 atom stereocenters. The molecule has 0 fully saturated rings.